The summed E-state index contributed by atoms with van der Waals surface area (Å²) in [5.41, 5.74) is 4.84. The zero-order valence-electron chi connectivity index (χ0n) is 15.1. The van der Waals surface area contributed by atoms with Crippen molar-refractivity contribution in [2.75, 3.05) is 7.11 Å². The number of hydrogen-bond acceptors (Lipinski definition) is 4. The first-order chi connectivity index (χ1) is 13.1. The Morgan fingerprint density at radius 1 is 1.22 bits per heavy atom. The number of nitrogens with zero attached hydrogens (tertiary/aromatic N) is 3. The maximum atomic E-state index is 12.4. The molecule has 3 aromatic rings. The van der Waals surface area contributed by atoms with E-state index in [0.29, 0.717) is 17.0 Å². The lowest BCUT2D eigenvalue weighted by molar-refractivity contribution is -0.607. The number of methoxy groups -OCH3 is 1. The van der Waals surface area contributed by atoms with Gasteiger partial charge in [0.25, 0.3) is 0 Å². The third-order valence-corrected chi connectivity index (χ3v) is 4.14. The highest BCUT2D eigenvalue weighted by molar-refractivity contribution is 5.92. The van der Waals surface area contributed by atoms with Crippen molar-refractivity contribution in [3.05, 3.63) is 88.6 Å². The van der Waals surface area contributed by atoms with Crippen LogP contribution in [0.2, 0.25) is 0 Å². The minimum absolute atomic E-state index is 0.0258. The van der Waals surface area contributed by atoms with Crippen LogP contribution in [0, 0.1) is 12.1 Å². The first-order valence-electron chi connectivity index (χ1n) is 8.38. The first-order valence-corrected chi connectivity index (χ1v) is 8.38. The summed E-state index contributed by atoms with van der Waals surface area (Å²) in [5.74, 6) is 0.179. The number of imidazole rings is 1. The van der Waals surface area contributed by atoms with Gasteiger partial charge in [-0.3, -0.25) is 4.79 Å². The molecule has 0 radical (unpaired) electrons. The van der Waals surface area contributed by atoms with Gasteiger partial charge in [-0.15, -0.1) is 0 Å². The van der Waals surface area contributed by atoms with Gasteiger partial charge in [-0.25, -0.2) is 14.7 Å². The zero-order chi connectivity index (χ0) is 19.2. The number of carbonyl (C=O) groups is 1. The molecule has 1 aromatic heterocycles. The number of rotatable bonds is 6. The van der Waals surface area contributed by atoms with E-state index in [0.717, 1.165) is 16.9 Å². The molecule has 27 heavy (non-hydrogen) atoms. The Morgan fingerprint density at radius 3 is 2.59 bits per heavy atom. The van der Waals surface area contributed by atoms with Gasteiger partial charge < -0.3 is 9.94 Å². The Bertz CT molecular complexity index is 947. The molecule has 0 saturated heterocycles. The topological polar surface area (TPSA) is 82.6 Å². The lowest BCUT2D eigenvalue weighted by atomic mass is 10.2. The number of hydrazone groups is 1. The summed E-state index contributed by atoms with van der Waals surface area (Å²) in [7, 11) is 1.59. The van der Waals surface area contributed by atoms with Gasteiger partial charge in [-0.1, -0.05) is 30.3 Å². The molecule has 7 heteroatoms. The fourth-order valence-electron chi connectivity index (χ4n) is 2.68. The number of carbonyl (C=O) groups excluding carboxylic acids is 1. The Kier molecular flexibility index (Phi) is 5.51. The van der Waals surface area contributed by atoms with Crippen molar-refractivity contribution in [1.29, 1.82) is 0 Å². The van der Waals surface area contributed by atoms with Gasteiger partial charge in [0.2, 0.25) is 12.0 Å². The number of benzene rings is 2. The molecule has 7 nitrogen and oxygen atoms in total. The molecule has 0 unspecified atom stereocenters. The summed E-state index contributed by atoms with van der Waals surface area (Å²) in [6, 6.07) is 16.9. The fraction of sp³-hybridized carbons (Fsp3) is 0.150. The number of ether oxygens (including phenoxy) is 1. The van der Waals surface area contributed by atoms with Crippen molar-refractivity contribution in [2.24, 2.45) is 5.10 Å². The van der Waals surface area contributed by atoms with Crippen LogP contribution in [0.3, 0.4) is 0 Å². The quantitative estimate of drug-likeness (QED) is 0.315. The third-order valence-electron chi connectivity index (χ3n) is 4.14. The van der Waals surface area contributed by atoms with Gasteiger partial charge >= 0.3 is 5.91 Å². The van der Waals surface area contributed by atoms with Crippen LogP contribution in [-0.2, 0) is 6.54 Å². The van der Waals surface area contributed by atoms with Crippen LogP contribution in [0.1, 0.15) is 27.3 Å². The standard InChI is InChI=1S/C20H20N4O3/c1-15-19(24(26)14-23(15)13-17-6-4-3-5-7-17)20(25)22-21-12-16-8-10-18(27-2)11-9-16/h3-12,14H,13H2,1-2H3,(H,22,25)/b21-12-. The SMILES string of the molecule is COc1ccc(/C=N\NC(=O)c2c(C)n(Cc3ccccc3)c[n+]2[O-])cc1. The molecule has 0 aliphatic heterocycles. The second kappa shape index (κ2) is 8.18. The largest absolute Gasteiger partial charge is 0.710 e. The van der Waals surface area contributed by atoms with Gasteiger partial charge in [0.1, 0.15) is 12.3 Å². The first kappa shape index (κ1) is 18.2. The molecule has 138 valence electrons. The van der Waals surface area contributed by atoms with Crippen LogP contribution in [0.4, 0.5) is 0 Å². The van der Waals surface area contributed by atoms with E-state index < -0.39 is 5.91 Å². The van der Waals surface area contributed by atoms with E-state index in [1.807, 2.05) is 42.5 Å². The van der Waals surface area contributed by atoms with Crippen molar-refractivity contribution in [3.8, 4) is 5.75 Å². The highest BCUT2D eigenvalue weighted by Crippen LogP contribution is 2.10. The molecule has 0 saturated carbocycles. The van der Waals surface area contributed by atoms with E-state index in [1.54, 1.807) is 30.7 Å². The average Bonchev–Trinajstić information content (AvgIpc) is 2.96. The van der Waals surface area contributed by atoms with Gasteiger partial charge in [-0.2, -0.15) is 5.10 Å². The van der Waals surface area contributed by atoms with Crippen LogP contribution in [-0.4, -0.2) is 23.8 Å². The van der Waals surface area contributed by atoms with Crippen molar-refractivity contribution < 1.29 is 14.3 Å². The highest BCUT2D eigenvalue weighted by Gasteiger charge is 2.23. The van der Waals surface area contributed by atoms with Gasteiger partial charge in [0.05, 0.1) is 13.3 Å². The minimum Gasteiger partial charge on any atom is -0.710 e. The van der Waals surface area contributed by atoms with Crippen molar-refractivity contribution in [3.63, 3.8) is 0 Å². The van der Waals surface area contributed by atoms with E-state index in [9.17, 15) is 10.0 Å². The highest BCUT2D eigenvalue weighted by atomic mass is 16.5. The molecule has 1 amide bonds. The van der Waals surface area contributed by atoms with E-state index >= 15 is 0 Å². The number of amides is 1. The Hall–Kier alpha value is -3.61. The molecule has 0 fully saturated rings. The van der Waals surface area contributed by atoms with Crippen molar-refractivity contribution in [1.82, 2.24) is 9.99 Å². The molecule has 0 bridgehead atoms. The van der Waals surface area contributed by atoms with E-state index in [-0.39, 0.29) is 5.69 Å². The Labute approximate surface area is 157 Å². The van der Waals surface area contributed by atoms with Crippen molar-refractivity contribution >= 4 is 12.1 Å². The number of aromatic nitrogens is 2. The molecule has 0 spiro atoms. The Balaban J connectivity index is 1.70. The maximum Gasteiger partial charge on any atom is 0.315 e. The predicted octanol–water partition coefficient (Wildman–Crippen LogP) is 2.25. The molecule has 0 aliphatic rings. The van der Waals surface area contributed by atoms with Crippen LogP contribution in [0.5, 0.6) is 5.75 Å². The Morgan fingerprint density at radius 2 is 1.93 bits per heavy atom. The van der Waals surface area contributed by atoms with E-state index in [1.165, 1.54) is 12.5 Å². The summed E-state index contributed by atoms with van der Waals surface area (Å²) in [5, 5.41) is 16.1. The van der Waals surface area contributed by atoms with Gasteiger partial charge in [0.15, 0.2) is 5.69 Å². The monoisotopic (exact) mass is 364 g/mol. The number of hydrogen-bond donors (Lipinski definition) is 1. The lowest BCUT2D eigenvalue weighted by Crippen LogP contribution is -2.36. The predicted molar refractivity (Wildman–Crippen MR) is 102 cm³/mol. The average molecular weight is 364 g/mol. The summed E-state index contributed by atoms with van der Waals surface area (Å²) in [4.78, 5) is 12.4. The second-order valence-electron chi connectivity index (χ2n) is 5.96. The molecule has 0 aliphatic carbocycles. The van der Waals surface area contributed by atoms with Crippen LogP contribution in [0.15, 0.2) is 66.0 Å². The minimum atomic E-state index is -0.556. The zero-order valence-corrected chi connectivity index (χ0v) is 15.1. The third kappa shape index (κ3) is 4.33. The molecular weight excluding hydrogens is 344 g/mol. The van der Waals surface area contributed by atoms with E-state index in [4.69, 9.17) is 4.74 Å². The van der Waals surface area contributed by atoms with Gasteiger partial charge in [-0.05, 0) is 35.4 Å². The number of nitrogens with one attached hydrogen (secondary N) is 1. The summed E-state index contributed by atoms with van der Waals surface area (Å²) in [6.45, 7) is 2.25. The molecule has 3 rings (SSSR count). The van der Waals surface area contributed by atoms with Crippen LogP contribution < -0.4 is 14.9 Å². The summed E-state index contributed by atoms with van der Waals surface area (Å²) >= 11 is 0. The molecule has 1 heterocycles. The lowest BCUT2D eigenvalue weighted by Gasteiger charge is -2.02. The second-order valence-corrected chi connectivity index (χ2v) is 5.96. The van der Waals surface area contributed by atoms with Crippen molar-refractivity contribution in [2.45, 2.75) is 13.5 Å². The summed E-state index contributed by atoms with van der Waals surface area (Å²) < 4.78 is 7.39. The van der Waals surface area contributed by atoms with Crippen LogP contribution >= 0.6 is 0 Å². The van der Waals surface area contributed by atoms with Crippen LogP contribution in [0.25, 0.3) is 0 Å². The van der Waals surface area contributed by atoms with Gasteiger partial charge in [0, 0.05) is 6.92 Å². The molecular formula is C20H20N4O3. The molecule has 0 atom stereocenters. The normalized spacial score (nSPS) is 10.9. The fourth-order valence-corrected chi connectivity index (χ4v) is 2.68. The molecule has 2 aromatic carbocycles. The maximum absolute atomic E-state index is 12.4. The smallest absolute Gasteiger partial charge is 0.315 e. The van der Waals surface area contributed by atoms with E-state index in [2.05, 4.69) is 10.5 Å². The summed E-state index contributed by atoms with van der Waals surface area (Å²) in [6.07, 6.45) is 2.87. The molecule has 1 N–H and O–H groups in total.